The van der Waals surface area contributed by atoms with Crippen LogP contribution in [0.5, 0.6) is 0 Å². The highest BCUT2D eigenvalue weighted by molar-refractivity contribution is 9.10. The van der Waals surface area contributed by atoms with Gasteiger partial charge in [0.15, 0.2) is 0 Å². The SMILES string of the molecule is Brc1cnn(Cc2cscn2)c1. The quantitative estimate of drug-likeness (QED) is 0.810. The molecule has 12 heavy (non-hydrogen) atoms. The maximum Gasteiger partial charge on any atom is 0.0840 e. The topological polar surface area (TPSA) is 30.7 Å². The van der Waals surface area contributed by atoms with Crippen LogP contribution in [0.1, 0.15) is 5.69 Å². The maximum atomic E-state index is 4.16. The second-order valence-electron chi connectivity index (χ2n) is 2.34. The van der Waals surface area contributed by atoms with Crippen molar-refractivity contribution in [3.8, 4) is 0 Å². The van der Waals surface area contributed by atoms with Gasteiger partial charge in [0.05, 0.1) is 28.4 Å². The average molecular weight is 244 g/mol. The van der Waals surface area contributed by atoms with Crippen LogP contribution in [0.4, 0.5) is 0 Å². The molecule has 0 saturated carbocycles. The van der Waals surface area contributed by atoms with Crippen LogP contribution in [-0.4, -0.2) is 14.8 Å². The summed E-state index contributed by atoms with van der Waals surface area (Å²) in [4.78, 5) is 4.16. The van der Waals surface area contributed by atoms with Crippen molar-refractivity contribution in [3.63, 3.8) is 0 Å². The lowest BCUT2D eigenvalue weighted by atomic mass is 10.5. The average Bonchev–Trinajstić information content (AvgIpc) is 2.63. The third-order valence-corrected chi connectivity index (χ3v) is 2.45. The van der Waals surface area contributed by atoms with Gasteiger partial charge in [-0.1, -0.05) is 0 Å². The second-order valence-corrected chi connectivity index (χ2v) is 3.97. The van der Waals surface area contributed by atoms with Crippen molar-refractivity contribution >= 4 is 27.3 Å². The van der Waals surface area contributed by atoms with Gasteiger partial charge in [-0.05, 0) is 15.9 Å². The van der Waals surface area contributed by atoms with Gasteiger partial charge in [-0.25, -0.2) is 4.98 Å². The number of thiazole rings is 1. The summed E-state index contributed by atoms with van der Waals surface area (Å²) in [5, 5.41) is 6.15. The second kappa shape index (κ2) is 3.37. The van der Waals surface area contributed by atoms with E-state index in [9.17, 15) is 0 Å². The van der Waals surface area contributed by atoms with E-state index in [1.54, 1.807) is 17.5 Å². The van der Waals surface area contributed by atoms with Crippen molar-refractivity contribution in [1.82, 2.24) is 14.8 Å². The van der Waals surface area contributed by atoms with Gasteiger partial charge in [-0.15, -0.1) is 11.3 Å². The Morgan fingerprint density at radius 2 is 2.50 bits per heavy atom. The van der Waals surface area contributed by atoms with E-state index in [0.29, 0.717) is 0 Å². The van der Waals surface area contributed by atoms with Crippen molar-refractivity contribution in [2.24, 2.45) is 0 Å². The van der Waals surface area contributed by atoms with Crippen molar-refractivity contribution in [3.05, 3.63) is 33.5 Å². The summed E-state index contributed by atoms with van der Waals surface area (Å²) in [6, 6.07) is 0. The standard InChI is InChI=1S/C7H6BrN3S/c8-6-1-10-11(2-6)3-7-4-12-5-9-7/h1-2,4-5H,3H2. The van der Waals surface area contributed by atoms with Crippen LogP contribution in [-0.2, 0) is 6.54 Å². The Balaban J connectivity index is 2.14. The van der Waals surface area contributed by atoms with Gasteiger partial charge in [-0.2, -0.15) is 5.10 Å². The predicted molar refractivity (Wildman–Crippen MR) is 51.1 cm³/mol. The molecule has 3 nitrogen and oxygen atoms in total. The fraction of sp³-hybridized carbons (Fsp3) is 0.143. The smallest absolute Gasteiger partial charge is 0.0840 e. The first kappa shape index (κ1) is 7.94. The lowest BCUT2D eigenvalue weighted by molar-refractivity contribution is 0.675. The van der Waals surface area contributed by atoms with Crippen molar-refractivity contribution in [1.29, 1.82) is 0 Å². The molecule has 0 fully saturated rings. The van der Waals surface area contributed by atoms with E-state index in [-0.39, 0.29) is 0 Å². The number of aromatic nitrogens is 3. The molecule has 0 atom stereocenters. The van der Waals surface area contributed by atoms with Crippen molar-refractivity contribution in [2.75, 3.05) is 0 Å². The first-order chi connectivity index (χ1) is 5.84. The van der Waals surface area contributed by atoms with Gasteiger partial charge in [0, 0.05) is 11.6 Å². The van der Waals surface area contributed by atoms with Crippen molar-refractivity contribution < 1.29 is 0 Å². The fourth-order valence-corrected chi connectivity index (χ4v) is 1.78. The van der Waals surface area contributed by atoms with Crippen LogP contribution in [0.2, 0.25) is 0 Å². The van der Waals surface area contributed by atoms with Crippen LogP contribution in [0, 0.1) is 0 Å². The number of halogens is 1. The Kier molecular flexibility index (Phi) is 2.23. The van der Waals surface area contributed by atoms with Crippen LogP contribution in [0.3, 0.4) is 0 Å². The van der Waals surface area contributed by atoms with E-state index in [4.69, 9.17) is 0 Å². The summed E-state index contributed by atoms with van der Waals surface area (Å²) in [5.41, 5.74) is 2.88. The molecular weight excluding hydrogens is 238 g/mol. The molecule has 2 rings (SSSR count). The largest absolute Gasteiger partial charge is 0.266 e. The molecule has 0 saturated heterocycles. The molecule has 0 aliphatic carbocycles. The molecule has 2 heterocycles. The van der Waals surface area contributed by atoms with Gasteiger partial charge < -0.3 is 0 Å². The summed E-state index contributed by atoms with van der Waals surface area (Å²) in [6.07, 6.45) is 3.70. The number of rotatable bonds is 2. The van der Waals surface area contributed by atoms with Crippen LogP contribution >= 0.6 is 27.3 Å². The third kappa shape index (κ3) is 1.73. The Bertz CT molecular complexity index is 354. The number of hydrogen-bond donors (Lipinski definition) is 0. The molecule has 2 aromatic heterocycles. The zero-order chi connectivity index (χ0) is 8.39. The molecule has 0 amide bonds. The number of nitrogens with zero attached hydrogens (tertiary/aromatic N) is 3. The maximum absolute atomic E-state index is 4.16. The van der Waals surface area contributed by atoms with E-state index in [1.165, 1.54) is 0 Å². The van der Waals surface area contributed by atoms with Crippen molar-refractivity contribution in [2.45, 2.75) is 6.54 Å². The molecular formula is C7H6BrN3S. The summed E-state index contributed by atoms with van der Waals surface area (Å²) in [6.45, 7) is 0.745. The summed E-state index contributed by atoms with van der Waals surface area (Å²) < 4.78 is 2.84. The first-order valence-electron chi connectivity index (χ1n) is 3.39. The molecule has 0 unspecified atom stereocenters. The fourth-order valence-electron chi connectivity index (χ4n) is 0.906. The highest BCUT2D eigenvalue weighted by atomic mass is 79.9. The monoisotopic (exact) mass is 243 g/mol. The number of hydrogen-bond acceptors (Lipinski definition) is 3. The minimum Gasteiger partial charge on any atom is -0.266 e. The Morgan fingerprint density at radius 1 is 1.58 bits per heavy atom. The lowest BCUT2D eigenvalue weighted by Gasteiger charge is -1.94. The molecule has 0 N–H and O–H groups in total. The first-order valence-corrected chi connectivity index (χ1v) is 5.13. The van der Waals surface area contributed by atoms with E-state index in [2.05, 4.69) is 26.0 Å². The van der Waals surface area contributed by atoms with Crippen LogP contribution in [0.25, 0.3) is 0 Å². The van der Waals surface area contributed by atoms with E-state index < -0.39 is 0 Å². The summed E-state index contributed by atoms with van der Waals surface area (Å²) >= 11 is 4.94. The molecule has 0 bridgehead atoms. The Hall–Kier alpha value is -0.680. The zero-order valence-corrected chi connectivity index (χ0v) is 8.55. The van der Waals surface area contributed by atoms with Gasteiger partial charge in [-0.3, -0.25) is 4.68 Å². The van der Waals surface area contributed by atoms with E-state index in [0.717, 1.165) is 16.7 Å². The minimum atomic E-state index is 0.745. The third-order valence-electron chi connectivity index (χ3n) is 1.41. The van der Waals surface area contributed by atoms with Gasteiger partial charge in [0.25, 0.3) is 0 Å². The highest BCUT2D eigenvalue weighted by Crippen LogP contribution is 2.08. The molecule has 5 heteroatoms. The predicted octanol–water partition coefficient (Wildman–Crippen LogP) is 2.15. The molecule has 2 aromatic rings. The molecule has 62 valence electrons. The van der Waals surface area contributed by atoms with Gasteiger partial charge in [0.2, 0.25) is 0 Å². The summed E-state index contributed by atoms with van der Waals surface area (Å²) in [5.74, 6) is 0. The van der Waals surface area contributed by atoms with Crippen LogP contribution < -0.4 is 0 Å². The van der Waals surface area contributed by atoms with Crippen LogP contribution in [0.15, 0.2) is 27.8 Å². The molecule has 0 aliphatic heterocycles. The summed E-state index contributed by atoms with van der Waals surface area (Å²) in [7, 11) is 0. The van der Waals surface area contributed by atoms with E-state index >= 15 is 0 Å². The van der Waals surface area contributed by atoms with E-state index in [1.807, 2.05) is 21.8 Å². The lowest BCUT2D eigenvalue weighted by Crippen LogP contribution is -1.99. The van der Waals surface area contributed by atoms with Gasteiger partial charge >= 0.3 is 0 Å². The molecule has 0 aliphatic rings. The minimum absolute atomic E-state index is 0.745. The molecule has 0 spiro atoms. The highest BCUT2D eigenvalue weighted by Gasteiger charge is 1.97. The van der Waals surface area contributed by atoms with Gasteiger partial charge in [0.1, 0.15) is 0 Å². The zero-order valence-electron chi connectivity index (χ0n) is 6.14. The Labute approximate surface area is 82.2 Å². The Morgan fingerprint density at radius 3 is 3.08 bits per heavy atom. The normalized spacial score (nSPS) is 10.4. The molecule has 0 radical (unpaired) electrons. The molecule has 0 aromatic carbocycles.